The van der Waals surface area contributed by atoms with E-state index >= 15 is 0 Å². The normalized spacial score (nSPS) is 16.6. The number of nitrogens with zero attached hydrogens (tertiary/aromatic N) is 1. The molecule has 3 rings (SSSR count). The molecule has 1 heterocycles. The van der Waals surface area contributed by atoms with E-state index in [2.05, 4.69) is 5.32 Å². The predicted molar refractivity (Wildman–Crippen MR) is 90.4 cm³/mol. The molecule has 0 spiro atoms. The first-order valence-corrected chi connectivity index (χ1v) is 7.58. The Morgan fingerprint density at radius 1 is 1.09 bits per heavy atom. The number of carbonyl (C=O) groups excluding carboxylic acids is 1. The molecule has 1 aliphatic rings. The summed E-state index contributed by atoms with van der Waals surface area (Å²) in [5, 5.41) is 3.33. The molecule has 0 saturated heterocycles. The van der Waals surface area contributed by atoms with E-state index in [0.717, 1.165) is 16.9 Å². The third-order valence-electron chi connectivity index (χ3n) is 4.05. The van der Waals surface area contributed by atoms with Crippen molar-refractivity contribution in [2.45, 2.75) is 13.0 Å². The first kappa shape index (κ1) is 15.2. The SMILES string of the molecule is CCN1C(=O)C(c2ccccc2)Nc2cc(OC)c(OC)cc21. The van der Waals surface area contributed by atoms with E-state index in [9.17, 15) is 4.79 Å². The highest BCUT2D eigenvalue weighted by Gasteiger charge is 2.33. The number of fused-ring (bicyclic) bond motifs is 1. The minimum absolute atomic E-state index is 0.0263. The maximum Gasteiger partial charge on any atom is 0.254 e. The zero-order valence-corrected chi connectivity index (χ0v) is 13.5. The average Bonchev–Trinajstić information content (AvgIpc) is 2.60. The van der Waals surface area contributed by atoms with E-state index in [0.29, 0.717) is 18.0 Å². The molecular formula is C18H20N2O3. The molecule has 1 atom stereocenters. The molecule has 1 aliphatic heterocycles. The summed E-state index contributed by atoms with van der Waals surface area (Å²) in [7, 11) is 3.19. The fourth-order valence-corrected chi connectivity index (χ4v) is 2.90. The molecule has 0 radical (unpaired) electrons. The second kappa shape index (κ2) is 6.20. The number of carbonyl (C=O) groups is 1. The minimum Gasteiger partial charge on any atom is -0.493 e. The topological polar surface area (TPSA) is 50.8 Å². The number of benzene rings is 2. The van der Waals surface area contributed by atoms with Crippen molar-refractivity contribution in [3.05, 3.63) is 48.0 Å². The maximum absolute atomic E-state index is 12.9. The molecule has 0 aromatic heterocycles. The van der Waals surface area contributed by atoms with E-state index in [1.165, 1.54) is 0 Å². The van der Waals surface area contributed by atoms with Crippen molar-refractivity contribution in [1.82, 2.24) is 0 Å². The Bertz CT molecular complexity index is 716. The van der Waals surface area contributed by atoms with Crippen LogP contribution in [0.5, 0.6) is 11.5 Å². The summed E-state index contributed by atoms with van der Waals surface area (Å²) < 4.78 is 10.7. The molecule has 1 unspecified atom stereocenters. The van der Waals surface area contributed by atoms with Crippen LogP contribution in [0.4, 0.5) is 11.4 Å². The van der Waals surface area contributed by atoms with Crippen LogP contribution in [0.3, 0.4) is 0 Å². The van der Waals surface area contributed by atoms with Crippen molar-refractivity contribution in [1.29, 1.82) is 0 Å². The Morgan fingerprint density at radius 2 is 1.74 bits per heavy atom. The van der Waals surface area contributed by atoms with Gasteiger partial charge in [0.05, 0.1) is 25.6 Å². The summed E-state index contributed by atoms with van der Waals surface area (Å²) in [6.45, 7) is 2.55. The van der Waals surface area contributed by atoms with E-state index in [1.54, 1.807) is 19.1 Å². The summed E-state index contributed by atoms with van der Waals surface area (Å²) in [5.41, 5.74) is 2.61. The van der Waals surface area contributed by atoms with Gasteiger partial charge in [-0.1, -0.05) is 30.3 Å². The van der Waals surface area contributed by atoms with Gasteiger partial charge < -0.3 is 19.7 Å². The largest absolute Gasteiger partial charge is 0.493 e. The Hall–Kier alpha value is -2.69. The van der Waals surface area contributed by atoms with Crippen LogP contribution < -0.4 is 19.7 Å². The number of ether oxygens (including phenoxy) is 2. The molecule has 0 fully saturated rings. The number of likely N-dealkylation sites (N-methyl/N-ethyl adjacent to an activating group) is 1. The molecule has 5 heteroatoms. The van der Waals surface area contributed by atoms with Gasteiger partial charge in [0.2, 0.25) is 0 Å². The van der Waals surface area contributed by atoms with Crippen LogP contribution >= 0.6 is 0 Å². The lowest BCUT2D eigenvalue weighted by Crippen LogP contribution is -2.42. The number of amides is 1. The molecule has 120 valence electrons. The maximum atomic E-state index is 12.9. The molecule has 1 N–H and O–H groups in total. The van der Waals surface area contributed by atoms with Gasteiger partial charge in [0.15, 0.2) is 11.5 Å². The second-order valence-corrected chi connectivity index (χ2v) is 5.29. The first-order chi connectivity index (χ1) is 11.2. The number of hydrogen-bond donors (Lipinski definition) is 1. The summed E-state index contributed by atoms with van der Waals surface area (Å²) in [6, 6.07) is 13.0. The van der Waals surface area contributed by atoms with E-state index in [1.807, 2.05) is 49.4 Å². The van der Waals surface area contributed by atoms with Crippen LogP contribution in [-0.2, 0) is 4.79 Å². The quantitative estimate of drug-likeness (QED) is 0.942. The van der Waals surface area contributed by atoms with Crippen molar-refractivity contribution in [3.8, 4) is 11.5 Å². The number of anilines is 2. The minimum atomic E-state index is -0.401. The monoisotopic (exact) mass is 312 g/mol. The highest BCUT2D eigenvalue weighted by Crippen LogP contribution is 2.43. The van der Waals surface area contributed by atoms with Crippen LogP contribution in [0.1, 0.15) is 18.5 Å². The zero-order chi connectivity index (χ0) is 16.4. The molecular weight excluding hydrogens is 292 g/mol. The Labute approximate surface area is 135 Å². The number of nitrogens with one attached hydrogen (secondary N) is 1. The first-order valence-electron chi connectivity index (χ1n) is 7.58. The van der Waals surface area contributed by atoms with Crippen molar-refractivity contribution < 1.29 is 14.3 Å². The molecule has 2 aromatic carbocycles. The predicted octanol–water partition coefficient (Wildman–Crippen LogP) is 3.22. The lowest BCUT2D eigenvalue weighted by Gasteiger charge is -2.35. The van der Waals surface area contributed by atoms with Crippen LogP contribution in [0.25, 0.3) is 0 Å². The van der Waals surface area contributed by atoms with Gasteiger partial charge in [-0.05, 0) is 12.5 Å². The van der Waals surface area contributed by atoms with Crippen LogP contribution in [-0.4, -0.2) is 26.7 Å². The standard InChI is InChI=1S/C18H20N2O3/c1-4-20-14-11-16(23-3)15(22-2)10-13(14)19-17(18(20)21)12-8-6-5-7-9-12/h5-11,17,19H,4H2,1-3H3. The molecule has 5 nitrogen and oxygen atoms in total. The summed E-state index contributed by atoms with van der Waals surface area (Å²) in [4.78, 5) is 14.6. The van der Waals surface area contributed by atoms with Gasteiger partial charge in [-0.15, -0.1) is 0 Å². The van der Waals surface area contributed by atoms with E-state index in [-0.39, 0.29) is 5.91 Å². The lowest BCUT2D eigenvalue weighted by atomic mass is 10.0. The second-order valence-electron chi connectivity index (χ2n) is 5.29. The van der Waals surface area contributed by atoms with E-state index in [4.69, 9.17) is 9.47 Å². The molecule has 0 aliphatic carbocycles. The summed E-state index contributed by atoms with van der Waals surface area (Å²) in [6.07, 6.45) is 0. The zero-order valence-electron chi connectivity index (χ0n) is 13.5. The van der Waals surface area contributed by atoms with Crippen molar-refractivity contribution in [2.75, 3.05) is 31.0 Å². The van der Waals surface area contributed by atoms with Crippen LogP contribution in [0.2, 0.25) is 0 Å². The van der Waals surface area contributed by atoms with Crippen molar-refractivity contribution >= 4 is 17.3 Å². The van der Waals surface area contributed by atoms with Crippen LogP contribution in [0.15, 0.2) is 42.5 Å². The Kier molecular flexibility index (Phi) is 4.10. The fraction of sp³-hybridized carbons (Fsp3) is 0.278. The molecule has 2 aromatic rings. The molecule has 1 amide bonds. The van der Waals surface area contributed by atoms with Gasteiger partial charge in [-0.3, -0.25) is 4.79 Å². The van der Waals surface area contributed by atoms with E-state index < -0.39 is 6.04 Å². The van der Waals surface area contributed by atoms with Gasteiger partial charge in [-0.2, -0.15) is 0 Å². The number of hydrogen-bond acceptors (Lipinski definition) is 4. The fourth-order valence-electron chi connectivity index (χ4n) is 2.90. The molecule has 0 bridgehead atoms. The van der Waals surface area contributed by atoms with Crippen molar-refractivity contribution in [2.24, 2.45) is 0 Å². The molecule has 23 heavy (non-hydrogen) atoms. The average molecular weight is 312 g/mol. The van der Waals surface area contributed by atoms with Gasteiger partial charge in [0.1, 0.15) is 6.04 Å². The highest BCUT2D eigenvalue weighted by atomic mass is 16.5. The van der Waals surface area contributed by atoms with Gasteiger partial charge >= 0.3 is 0 Å². The third kappa shape index (κ3) is 2.59. The van der Waals surface area contributed by atoms with Gasteiger partial charge in [-0.25, -0.2) is 0 Å². The van der Waals surface area contributed by atoms with Crippen molar-refractivity contribution in [3.63, 3.8) is 0 Å². The van der Waals surface area contributed by atoms with Crippen LogP contribution in [0, 0.1) is 0 Å². The van der Waals surface area contributed by atoms with Gasteiger partial charge in [0.25, 0.3) is 5.91 Å². The Morgan fingerprint density at radius 3 is 2.35 bits per heavy atom. The number of methoxy groups -OCH3 is 2. The Balaban J connectivity index is 2.09. The third-order valence-corrected chi connectivity index (χ3v) is 4.05. The number of rotatable bonds is 4. The summed E-state index contributed by atoms with van der Waals surface area (Å²) in [5.74, 6) is 1.27. The van der Waals surface area contributed by atoms with Gasteiger partial charge in [0, 0.05) is 18.7 Å². The highest BCUT2D eigenvalue weighted by molar-refractivity contribution is 6.06. The lowest BCUT2D eigenvalue weighted by molar-refractivity contribution is -0.119. The summed E-state index contributed by atoms with van der Waals surface area (Å²) >= 11 is 0. The smallest absolute Gasteiger partial charge is 0.254 e. The molecule has 0 saturated carbocycles.